The zero-order valence-electron chi connectivity index (χ0n) is 11.4. The van der Waals surface area contributed by atoms with Crippen LogP contribution in [0.5, 0.6) is 0 Å². The molecule has 0 radical (unpaired) electrons. The molecule has 0 aliphatic rings. The zero-order chi connectivity index (χ0) is 13.8. The molecule has 0 aliphatic heterocycles. The predicted molar refractivity (Wildman–Crippen MR) is 63.2 cm³/mol. The molecule has 5 heteroatoms. The first-order chi connectivity index (χ1) is 8.67. The summed E-state index contributed by atoms with van der Waals surface area (Å²) >= 11 is 0. The van der Waals surface area contributed by atoms with E-state index in [1.807, 2.05) is 6.92 Å². The molecule has 0 saturated carbocycles. The highest BCUT2D eigenvalue weighted by Gasteiger charge is 2.14. The number of rotatable bonds is 11. The number of methoxy groups -OCH3 is 1. The maximum absolute atomic E-state index is 13.0. The monoisotopic (exact) mass is 249 g/mol. The lowest BCUT2D eigenvalue weighted by atomic mass is 10.2. The highest BCUT2D eigenvalue weighted by molar-refractivity contribution is 4.95. The Hall–Kier alpha value is -0.910. The second-order valence-corrected chi connectivity index (χ2v) is 3.14. The van der Waals surface area contributed by atoms with Crippen molar-refractivity contribution in [3.05, 3.63) is 24.7 Å². The highest BCUT2D eigenvalue weighted by Crippen LogP contribution is 2.13. The summed E-state index contributed by atoms with van der Waals surface area (Å²) in [5, 5.41) is 0. The number of hydrogen-bond donors (Lipinski definition) is 0. The van der Waals surface area contributed by atoms with Gasteiger partial charge in [-0.2, -0.15) is 0 Å². The molecule has 0 heterocycles. The van der Waals surface area contributed by atoms with Crippen LogP contribution in [0.1, 0.15) is 14.7 Å². The van der Waals surface area contributed by atoms with Gasteiger partial charge in [0.15, 0.2) is 12.6 Å². The van der Waals surface area contributed by atoms with Gasteiger partial charge in [0.1, 0.15) is 12.4 Å². The van der Waals surface area contributed by atoms with E-state index < -0.39 is 12.4 Å². The van der Waals surface area contributed by atoms with Crippen molar-refractivity contribution in [3.8, 4) is 0 Å². The van der Waals surface area contributed by atoms with Gasteiger partial charge in [0.05, 0.1) is 21.2 Å². The van der Waals surface area contributed by atoms with Crippen LogP contribution in [-0.4, -0.2) is 39.8 Å². The summed E-state index contributed by atoms with van der Waals surface area (Å²) in [5.74, 6) is -0.156. The van der Waals surface area contributed by atoms with E-state index in [-0.39, 0.29) is 19.2 Å². The van der Waals surface area contributed by atoms with Gasteiger partial charge in [-0.15, -0.1) is 6.58 Å². The van der Waals surface area contributed by atoms with Crippen LogP contribution in [0.4, 0.5) is 4.39 Å². The third kappa shape index (κ3) is 7.90. The van der Waals surface area contributed by atoms with Crippen LogP contribution in [0.15, 0.2) is 24.7 Å². The van der Waals surface area contributed by atoms with Crippen molar-refractivity contribution in [2.24, 2.45) is 0 Å². The van der Waals surface area contributed by atoms with Crippen molar-refractivity contribution in [3.63, 3.8) is 0 Å². The fraction of sp³-hybridized carbons (Fsp3) is 0.667. The van der Waals surface area contributed by atoms with E-state index in [4.69, 9.17) is 20.3 Å². The topological polar surface area (TPSA) is 36.9 Å². The quantitative estimate of drug-likeness (QED) is 0.244. The average Bonchev–Trinajstić information content (AvgIpc) is 2.36. The molecule has 0 spiro atoms. The lowest BCUT2D eigenvalue weighted by Crippen LogP contribution is -2.18. The fourth-order valence-electron chi connectivity index (χ4n) is 1.05. The third-order valence-corrected chi connectivity index (χ3v) is 1.90. The summed E-state index contributed by atoms with van der Waals surface area (Å²) in [6.07, 6.45) is 0.290. The van der Waals surface area contributed by atoms with Crippen molar-refractivity contribution in [1.82, 2.24) is 0 Å². The lowest BCUT2D eigenvalue weighted by molar-refractivity contribution is -0.0631. The number of hydrogen-bond acceptors (Lipinski definition) is 4. The zero-order valence-corrected chi connectivity index (χ0v) is 10.4. The molecule has 17 heavy (non-hydrogen) atoms. The molecule has 0 aromatic carbocycles. The molecule has 0 aromatic rings. The van der Waals surface area contributed by atoms with Gasteiger partial charge in [-0.25, -0.2) is 4.39 Å². The minimum absolute atomic E-state index is 0.140. The van der Waals surface area contributed by atoms with Gasteiger partial charge in [0.2, 0.25) is 0 Å². The summed E-state index contributed by atoms with van der Waals surface area (Å²) in [5.41, 5.74) is 0. The second kappa shape index (κ2) is 11.6. The van der Waals surface area contributed by atoms with E-state index in [0.717, 1.165) is 0 Å². The molecule has 100 valence electrons. The van der Waals surface area contributed by atoms with Crippen molar-refractivity contribution < 1.29 is 24.7 Å². The van der Waals surface area contributed by atoms with Gasteiger partial charge in [-0.3, -0.25) is 0 Å². The molecule has 1 unspecified atom stereocenters. The Morgan fingerprint density at radius 2 is 2.29 bits per heavy atom. The first-order valence-corrected chi connectivity index (χ1v) is 5.45. The summed E-state index contributed by atoms with van der Waals surface area (Å²) in [6, 6.07) is 0. The molecule has 0 bridgehead atoms. The molecular weight excluding hydrogens is 227 g/mol. The Labute approximate surface area is 103 Å². The Bertz CT molecular complexity index is 254. The van der Waals surface area contributed by atoms with Gasteiger partial charge < -0.3 is 18.9 Å². The molecule has 4 nitrogen and oxygen atoms in total. The first kappa shape index (κ1) is 14.2. The fourth-order valence-corrected chi connectivity index (χ4v) is 1.05. The molecule has 0 N–H and O–H groups in total. The van der Waals surface area contributed by atoms with Gasteiger partial charge in [-0.05, 0) is 6.42 Å². The van der Waals surface area contributed by atoms with E-state index in [2.05, 4.69) is 6.58 Å². The number of ether oxygens (including phenoxy) is 4. The van der Waals surface area contributed by atoms with Crippen LogP contribution in [0.3, 0.4) is 0 Å². The third-order valence-electron chi connectivity index (χ3n) is 1.90. The molecule has 0 rings (SSSR count). The first-order valence-electron chi connectivity index (χ1n) is 5.95. The predicted octanol–water partition coefficient (Wildman–Crippen LogP) is 2.42. The van der Waals surface area contributed by atoms with E-state index in [1.165, 1.54) is 0 Å². The van der Waals surface area contributed by atoms with Gasteiger partial charge in [-0.1, -0.05) is 13.0 Å². The summed E-state index contributed by atoms with van der Waals surface area (Å²) in [6.45, 7) is 6.21. The minimum Gasteiger partial charge on any atom is -0.467 e. The van der Waals surface area contributed by atoms with Gasteiger partial charge >= 0.3 is 0 Å². The summed E-state index contributed by atoms with van der Waals surface area (Å²) < 4.78 is 40.3. The number of halogens is 1. The van der Waals surface area contributed by atoms with Crippen LogP contribution < -0.4 is 0 Å². The highest BCUT2D eigenvalue weighted by atomic mass is 19.1. The normalized spacial score (nSPS) is 14.9. The van der Waals surface area contributed by atoms with Crippen molar-refractivity contribution in [2.75, 3.05) is 33.7 Å². The Morgan fingerprint density at radius 1 is 1.53 bits per heavy atom. The van der Waals surface area contributed by atoms with Crippen molar-refractivity contribution in [2.45, 2.75) is 19.4 Å². The lowest BCUT2D eigenvalue weighted by Gasteiger charge is -2.18. The maximum atomic E-state index is 13.0. The maximum Gasteiger partial charge on any atom is 0.188 e. The van der Waals surface area contributed by atoms with E-state index in [0.29, 0.717) is 19.6 Å². The summed E-state index contributed by atoms with van der Waals surface area (Å²) in [7, 11) is 1.55. The standard InChI is InChI=1S/C12H21FO4/c1-4-6-16-11(5-2)12(9-13)17-10-15-8-7-14-3/h4,9,11H,1,5-8,10H2,2-3H3/b12-9+/i9D. The molecule has 0 amide bonds. The van der Waals surface area contributed by atoms with Crippen LogP contribution in [0.2, 0.25) is 0 Å². The second-order valence-electron chi connectivity index (χ2n) is 3.14. The smallest absolute Gasteiger partial charge is 0.188 e. The SMILES string of the molecule is [2H]/C(F)=C(\OCOCCOC)C(CC)OCC=C. The van der Waals surface area contributed by atoms with Crippen LogP contribution in [0, 0.1) is 0 Å². The molecular formula is C12H21FO4. The van der Waals surface area contributed by atoms with Crippen LogP contribution in [0.25, 0.3) is 0 Å². The Morgan fingerprint density at radius 3 is 2.82 bits per heavy atom. The van der Waals surface area contributed by atoms with E-state index in [1.54, 1.807) is 13.2 Å². The average molecular weight is 249 g/mol. The molecule has 0 saturated heterocycles. The van der Waals surface area contributed by atoms with Gasteiger partial charge in [0, 0.05) is 7.11 Å². The van der Waals surface area contributed by atoms with E-state index >= 15 is 0 Å². The van der Waals surface area contributed by atoms with Crippen LogP contribution in [-0.2, 0) is 18.9 Å². The molecule has 1 atom stereocenters. The Balaban J connectivity index is 4.20. The minimum atomic E-state index is -1.15. The summed E-state index contributed by atoms with van der Waals surface area (Å²) in [4.78, 5) is 0. The van der Waals surface area contributed by atoms with Crippen molar-refractivity contribution >= 4 is 0 Å². The molecule has 0 aromatic heterocycles. The van der Waals surface area contributed by atoms with Crippen LogP contribution >= 0.6 is 0 Å². The van der Waals surface area contributed by atoms with E-state index in [9.17, 15) is 4.39 Å². The largest absolute Gasteiger partial charge is 0.467 e. The molecule has 0 fully saturated rings. The molecule has 0 aliphatic carbocycles. The van der Waals surface area contributed by atoms with Crippen molar-refractivity contribution in [1.29, 1.82) is 0 Å². The Kier molecular flexibility index (Phi) is 9.63. The van der Waals surface area contributed by atoms with Gasteiger partial charge in [0.25, 0.3) is 0 Å².